The van der Waals surface area contributed by atoms with Crippen molar-refractivity contribution in [2.45, 2.75) is 64.2 Å². The summed E-state index contributed by atoms with van der Waals surface area (Å²) in [5.41, 5.74) is 1.08. The third-order valence-corrected chi connectivity index (χ3v) is 4.14. The van der Waals surface area contributed by atoms with Gasteiger partial charge in [-0.3, -0.25) is 4.79 Å². The second-order valence-corrected chi connectivity index (χ2v) is 6.79. The van der Waals surface area contributed by atoms with Crippen LogP contribution in [-0.4, -0.2) is 42.5 Å². The minimum absolute atomic E-state index is 0.326. The maximum absolute atomic E-state index is 11.4. The van der Waals surface area contributed by atoms with E-state index >= 15 is 0 Å². The molecule has 0 aromatic heterocycles. The van der Waals surface area contributed by atoms with Crippen LogP contribution in [0.3, 0.4) is 0 Å². The molecule has 132 valence electrons. The molecule has 6 heteroatoms. The Balaban J connectivity index is 1.65. The lowest BCUT2D eigenvalue weighted by molar-refractivity contribution is -0.278. The van der Waals surface area contributed by atoms with E-state index in [0.717, 1.165) is 5.56 Å². The first kappa shape index (κ1) is 17.4. The first-order chi connectivity index (χ1) is 11.3. The minimum Gasteiger partial charge on any atom is -0.431 e. The van der Waals surface area contributed by atoms with Crippen molar-refractivity contribution < 1.29 is 28.5 Å². The highest BCUT2D eigenvalue weighted by atomic mass is 16.8. The molecule has 4 atom stereocenters. The quantitative estimate of drug-likeness (QED) is 0.770. The van der Waals surface area contributed by atoms with Crippen molar-refractivity contribution in [3.05, 3.63) is 35.9 Å². The molecule has 0 unspecified atom stereocenters. The number of carbonyl (C=O) groups is 1. The Hall–Kier alpha value is -1.47. The van der Waals surface area contributed by atoms with Crippen LogP contribution in [0.1, 0.15) is 33.3 Å². The number of ether oxygens (including phenoxy) is 5. The predicted molar refractivity (Wildman–Crippen MR) is 85.0 cm³/mol. The zero-order valence-electron chi connectivity index (χ0n) is 14.5. The lowest BCUT2D eigenvalue weighted by Gasteiger charge is -2.30. The molecule has 0 N–H and O–H groups in total. The van der Waals surface area contributed by atoms with Crippen LogP contribution in [0.4, 0.5) is 0 Å². The first-order valence-corrected chi connectivity index (χ1v) is 8.14. The molecular weight excluding hydrogens is 312 g/mol. The van der Waals surface area contributed by atoms with E-state index in [1.807, 2.05) is 44.2 Å². The molecular formula is C18H24O6. The number of hydrogen-bond donors (Lipinski definition) is 0. The van der Waals surface area contributed by atoms with Crippen molar-refractivity contribution in [2.75, 3.05) is 6.61 Å². The van der Waals surface area contributed by atoms with Crippen molar-refractivity contribution >= 4 is 5.97 Å². The van der Waals surface area contributed by atoms with Gasteiger partial charge in [-0.2, -0.15) is 0 Å². The summed E-state index contributed by atoms with van der Waals surface area (Å²) >= 11 is 0. The predicted octanol–water partition coefficient (Wildman–Crippen LogP) is 2.40. The van der Waals surface area contributed by atoms with Crippen molar-refractivity contribution in [2.24, 2.45) is 0 Å². The number of carbonyl (C=O) groups excluding carboxylic acids is 1. The fraction of sp³-hybridized carbons (Fsp3) is 0.611. The normalized spacial score (nSPS) is 34.1. The highest BCUT2D eigenvalue weighted by Crippen LogP contribution is 2.44. The van der Waals surface area contributed by atoms with E-state index in [1.165, 1.54) is 6.92 Å². The van der Waals surface area contributed by atoms with E-state index in [0.29, 0.717) is 13.2 Å². The van der Waals surface area contributed by atoms with Crippen LogP contribution in [0.2, 0.25) is 0 Å². The summed E-state index contributed by atoms with van der Waals surface area (Å²) in [6.07, 6.45) is -1.20. The molecule has 2 aliphatic rings. The molecule has 2 aliphatic heterocycles. The Kier molecular flexibility index (Phi) is 4.66. The Morgan fingerprint density at radius 3 is 2.50 bits per heavy atom. The Labute approximate surface area is 142 Å². The summed E-state index contributed by atoms with van der Waals surface area (Å²) in [5, 5.41) is 0. The van der Waals surface area contributed by atoms with Crippen LogP contribution < -0.4 is 0 Å². The van der Waals surface area contributed by atoms with Crippen LogP contribution in [0.25, 0.3) is 0 Å². The van der Waals surface area contributed by atoms with Gasteiger partial charge in [-0.05, 0) is 19.4 Å². The third-order valence-electron chi connectivity index (χ3n) is 4.14. The molecule has 2 saturated heterocycles. The summed E-state index contributed by atoms with van der Waals surface area (Å²) in [5.74, 6) is -2.35. The van der Waals surface area contributed by atoms with Crippen molar-refractivity contribution in [3.8, 4) is 0 Å². The smallest absolute Gasteiger partial charge is 0.305 e. The second kappa shape index (κ2) is 6.44. The van der Waals surface area contributed by atoms with Crippen molar-refractivity contribution in [1.29, 1.82) is 0 Å². The average molecular weight is 336 g/mol. The van der Waals surface area contributed by atoms with Crippen LogP contribution in [-0.2, 0) is 35.1 Å². The number of fused-ring (bicyclic) bond motifs is 1. The van der Waals surface area contributed by atoms with Crippen molar-refractivity contribution in [3.63, 3.8) is 0 Å². The number of hydrogen-bond acceptors (Lipinski definition) is 6. The molecule has 1 aromatic rings. The summed E-state index contributed by atoms with van der Waals surface area (Å²) in [6.45, 7) is 7.53. The van der Waals surface area contributed by atoms with Crippen LogP contribution in [0.5, 0.6) is 0 Å². The monoisotopic (exact) mass is 336 g/mol. The molecule has 1 aromatic carbocycles. The van der Waals surface area contributed by atoms with Gasteiger partial charge in [0.05, 0.1) is 13.2 Å². The van der Waals surface area contributed by atoms with Gasteiger partial charge in [-0.15, -0.1) is 0 Å². The van der Waals surface area contributed by atoms with Crippen molar-refractivity contribution in [1.82, 2.24) is 0 Å². The molecule has 3 rings (SSSR count). The molecule has 6 nitrogen and oxygen atoms in total. The maximum Gasteiger partial charge on any atom is 0.305 e. The van der Waals surface area contributed by atoms with Gasteiger partial charge in [-0.25, -0.2) is 0 Å². The van der Waals surface area contributed by atoms with Gasteiger partial charge in [0.2, 0.25) is 5.79 Å². The topological polar surface area (TPSA) is 63.2 Å². The lowest BCUT2D eigenvalue weighted by Crippen LogP contribution is -2.44. The third kappa shape index (κ3) is 3.62. The Morgan fingerprint density at radius 1 is 1.12 bits per heavy atom. The van der Waals surface area contributed by atoms with E-state index in [4.69, 9.17) is 23.7 Å². The zero-order valence-corrected chi connectivity index (χ0v) is 14.5. The molecule has 0 saturated carbocycles. The maximum atomic E-state index is 11.4. The van der Waals surface area contributed by atoms with Gasteiger partial charge in [0, 0.05) is 13.8 Å². The molecule has 0 radical (unpaired) electrons. The van der Waals surface area contributed by atoms with Crippen LogP contribution >= 0.6 is 0 Å². The molecule has 2 fully saturated rings. The zero-order chi connectivity index (χ0) is 17.4. The number of esters is 1. The summed E-state index contributed by atoms with van der Waals surface area (Å²) in [4.78, 5) is 11.4. The lowest BCUT2D eigenvalue weighted by atomic mass is 10.1. The molecule has 2 heterocycles. The highest BCUT2D eigenvalue weighted by molar-refractivity contribution is 5.66. The summed E-state index contributed by atoms with van der Waals surface area (Å²) in [7, 11) is 0. The average Bonchev–Trinajstić information content (AvgIpc) is 2.93. The second-order valence-electron chi connectivity index (χ2n) is 6.79. The summed E-state index contributed by atoms with van der Waals surface area (Å²) < 4.78 is 28.9. The van der Waals surface area contributed by atoms with Gasteiger partial charge in [0.15, 0.2) is 11.9 Å². The van der Waals surface area contributed by atoms with Crippen LogP contribution in [0.15, 0.2) is 30.3 Å². The fourth-order valence-corrected chi connectivity index (χ4v) is 3.26. The molecule has 0 amide bonds. The Bertz CT molecular complexity index is 586. The van der Waals surface area contributed by atoms with Gasteiger partial charge in [-0.1, -0.05) is 30.3 Å². The van der Waals surface area contributed by atoms with E-state index < -0.39 is 23.6 Å². The number of rotatable bonds is 5. The molecule has 0 bridgehead atoms. The highest BCUT2D eigenvalue weighted by Gasteiger charge is 2.62. The minimum atomic E-state index is -1.18. The van der Waals surface area contributed by atoms with E-state index in [-0.39, 0.29) is 12.2 Å². The summed E-state index contributed by atoms with van der Waals surface area (Å²) in [6, 6.07) is 9.90. The van der Waals surface area contributed by atoms with E-state index in [9.17, 15) is 4.79 Å². The van der Waals surface area contributed by atoms with E-state index in [2.05, 4.69) is 0 Å². The fourth-order valence-electron chi connectivity index (χ4n) is 3.26. The van der Waals surface area contributed by atoms with Gasteiger partial charge >= 0.3 is 5.97 Å². The Morgan fingerprint density at radius 2 is 1.83 bits per heavy atom. The van der Waals surface area contributed by atoms with Crippen LogP contribution in [0, 0.1) is 0 Å². The van der Waals surface area contributed by atoms with E-state index in [1.54, 1.807) is 6.92 Å². The SMILES string of the molecule is CC(=O)O[C@]1(C)O[C@H](COCc2ccccc2)[C@H]2OC(C)(C)O[C@H]21. The molecule has 0 aliphatic carbocycles. The van der Waals surface area contributed by atoms with Gasteiger partial charge in [0.25, 0.3) is 0 Å². The van der Waals surface area contributed by atoms with Gasteiger partial charge in [0.1, 0.15) is 12.2 Å². The standard InChI is InChI=1S/C18H24O6/c1-12(19)21-18(4)16-15(23-17(2,3)24-16)14(22-18)11-20-10-13-8-6-5-7-9-13/h5-9,14-16H,10-11H2,1-4H3/t14-,15-,16-,18-/m1/s1. The first-order valence-electron chi connectivity index (χ1n) is 8.14. The van der Waals surface area contributed by atoms with Gasteiger partial charge < -0.3 is 23.7 Å². The number of benzene rings is 1. The molecule has 0 spiro atoms. The molecule has 24 heavy (non-hydrogen) atoms. The largest absolute Gasteiger partial charge is 0.431 e.